The molecule has 0 spiro atoms. The molecule has 1 aromatic carbocycles. The normalized spacial score (nSPS) is 14.8. The smallest absolute Gasteiger partial charge is 0.272 e. The van der Waals surface area contributed by atoms with Gasteiger partial charge >= 0.3 is 0 Å². The van der Waals surface area contributed by atoms with Crippen LogP contribution in [-0.2, 0) is 6.54 Å². The lowest BCUT2D eigenvalue weighted by Crippen LogP contribution is -2.48. The second kappa shape index (κ2) is 10.2. The molecule has 0 atom stereocenters. The molecule has 29 heavy (non-hydrogen) atoms. The third-order valence-electron chi connectivity index (χ3n) is 5.16. The largest absolute Gasteiger partial charge is 0.352 e. The van der Waals surface area contributed by atoms with E-state index in [1.54, 1.807) is 12.1 Å². The van der Waals surface area contributed by atoms with Gasteiger partial charge in [-0.05, 0) is 30.0 Å². The van der Waals surface area contributed by atoms with Crippen molar-refractivity contribution >= 4 is 11.8 Å². The Kier molecular flexibility index (Phi) is 7.36. The molecule has 1 aromatic heterocycles. The molecular weight excluding hydrogens is 364 g/mol. The summed E-state index contributed by atoms with van der Waals surface area (Å²) in [6, 6.07) is 13.6. The molecule has 1 N–H and O–H groups in total. The molecule has 1 aliphatic rings. The first-order valence-electron chi connectivity index (χ1n) is 10.3. The molecule has 2 aromatic rings. The summed E-state index contributed by atoms with van der Waals surface area (Å²) in [4.78, 5) is 33.6. The second-order valence-electron chi connectivity index (χ2n) is 7.92. The third-order valence-corrected chi connectivity index (χ3v) is 5.16. The molecule has 2 amide bonds. The minimum Gasteiger partial charge on any atom is -0.352 e. The van der Waals surface area contributed by atoms with Gasteiger partial charge in [0.25, 0.3) is 11.8 Å². The first-order chi connectivity index (χ1) is 14.0. The van der Waals surface area contributed by atoms with Crippen LogP contribution in [-0.4, -0.2) is 59.3 Å². The molecule has 0 unspecified atom stereocenters. The summed E-state index contributed by atoms with van der Waals surface area (Å²) in [5, 5.41) is 2.91. The zero-order valence-electron chi connectivity index (χ0n) is 17.3. The molecule has 3 rings (SSSR count). The number of nitrogens with zero attached hydrogens (tertiary/aromatic N) is 3. The number of benzene rings is 1. The maximum Gasteiger partial charge on any atom is 0.272 e. The molecule has 1 saturated heterocycles. The van der Waals surface area contributed by atoms with Gasteiger partial charge < -0.3 is 10.2 Å². The quantitative estimate of drug-likeness (QED) is 0.784. The Morgan fingerprint density at radius 2 is 1.79 bits per heavy atom. The Hall–Kier alpha value is -2.73. The average molecular weight is 395 g/mol. The number of rotatable bonds is 7. The van der Waals surface area contributed by atoms with E-state index in [0.29, 0.717) is 36.8 Å². The molecule has 0 saturated carbocycles. The molecular formula is C23H30N4O2. The zero-order chi connectivity index (χ0) is 20.6. The molecule has 6 heteroatoms. The van der Waals surface area contributed by atoms with Crippen molar-refractivity contribution in [2.24, 2.45) is 5.92 Å². The van der Waals surface area contributed by atoms with Gasteiger partial charge in [-0.3, -0.25) is 19.5 Å². The van der Waals surface area contributed by atoms with Crippen molar-refractivity contribution in [1.29, 1.82) is 0 Å². The van der Waals surface area contributed by atoms with Gasteiger partial charge in [0.15, 0.2) is 0 Å². The fourth-order valence-corrected chi connectivity index (χ4v) is 3.38. The van der Waals surface area contributed by atoms with Gasteiger partial charge in [0.05, 0.1) is 0 Å². The van der Waals surface area contributed by atoms with Crippen molar-refractivity contribution in [3.05, 3.63) is 65.5 Å². The highest BCUT2D eigenvalue weighted by molar-refractivity contribution is 5.98. The van der Waals surface area contributed by atoms with E-state index >= 15 is 0 Å². The Morgan fingerprint density at radius 1 is 1.07 bits per heavy atom. The van der Waals surface area contributed by atoms with E-state index in [4.69, 9.17) is 0 Å². The van der Waals surface area contributed by atoms with Gasteiger partial charge in [0.1, 0.15) is 5.69 Å². The standard InChI is InChI=1S/C23H30N4O2/c1-18(2)8-10-25-22(28)20-9-11-24-21(16-20)23(29)27-14-12-26(13-15-27)17-19-6-4-3-5-7-19/h3-7,9,11,16,18H,8,10,12-15,17H2,1-2H3,(H,25,28). The van der Waals surface area contributed by atoms with E-state index in [-0.39, 0.29) is 11.8 Å². The number of carbonyl (C=O) groups is 2. The fourth-order valence-electron chi connectivity index (χ4n) is 3.38. The van der Waals surface area contributed by atoms with Crippen LogP contribution in [0.5, 0.6) is 0 Å². The number of aromatic nitrogens is 1. The van der Waals surface area contributed by atoms with Crippen LogP contribution in [0.3, 0.4) is 0 Å². The highest BCUT2D eigenvalue weighted by atomic mass is 16.2. The second-order valence-corrected chi connectivity index (χ2v) is 7.92. The summed E-state index contributed by atoms with van der Waals surface area (Å²) < 4.78 is 0. The molecule has 154 valence electrons. The summed E-state index contributed by atoms with van der Waals surface area (Å²) in [5.74, 6) is 0.265. The Labute approximate surface area is 172 Å². The van der Waals surface area contributed by atoms with Crippen LogP contribution in [0.15, 0.2) is 48.7 Å². The molecule has 6 nitrogen and oxygen atoms in total. The van der Waals surface area contributed by atoms with Gasteiger partial charge in [0, 0.05) is 51.0 Å². The minimum atomic E-state index is -0.158. The molecule has 1 aliphatic heterocycles. The van der Waals surface area contributed by atoms with Crippen LogP contribution in [0.1, 0.15) is 46.7 Å². The van der Waals surface area contributed by atoms with Crippen LogP contribution in [0, 0.1) is 5.92 Å². The lowest BCUT2D eigenvalue weighted by atomic mass is 10.1. The third kappa shape index (κ3) is 6.12. The summed E-state index contributed by atoms with van der Waals surface area (Å²) >= 11 is 0. The van der Waals surface area contributed by atoms with Crippen LogP contribution in [0.2, 0.25) is 0 Å². The van der Waals surface area contributed by atoms with Gasteiger partial charge in [0.2, 0.25) is 0 Å². The maximum absolute atomic E-state index is 12.9. The highest BCUT2D eigenvalue weighted by Gasteiger charge is 2.23. The molecule has 2 heterocycles. The number of pyridine rings is 1. The predicted octanol–water partition coefficient (Wildman–Crippen LogP) is 2.82. The summed E-state index contributed by atoms with van der Waals surface area (Å²) in [5.41, 5.74) is 2.10. The van der Waals surface area contributed by atoms with Crippen LogP contribution < -0.4 is 5.32 Å². The minimum absolute atomic E-state index is 0.110. The monoisotopic (exact) mass is 394 g/mol. The van der Waals surface area contributed by atoms with E-state index in [1.807, 2.05) is 23.1 Å². The topological polar surface area (TPSA) is 65.5 Å². The lowest BCUT2D eigenvalue weighted by Gasteiger charge is -2.34. The van der Waals surface area contributed by atoms with E-state index in [9.17, 15) is 9.59 Å². The molecule has 0 aliphatic carbocycles. The molecule has 0 bridgehead atoms. The van der Waals surface area contributed by atoms with Gasteiger partial charge in [-0.2, -0.15) is 0 Å². The Morgan fingerprint density at radius 3 is 2.48 bits per heavy atom. The number of hydrogen-bond donors (Lipinski definition) is 1. The summed E-state index contributed by atoms with van der Waals surface area (Å²) in [6.07, 6.45) is 2.46. The van der Waals surface area contributed by atoms with Gasteiger partial charge in [-0.15, -0.1) is 0 Å². The first-order valence-corrected chi connectivity index (χ1v) is 10.3. The lowest BCUT2D eigenvalue weighted by molar-refractivity contribution is 0.0622. The summed E-state index contributed by atoms with van der Waals surface area (Å²) in [6.45, 7) is 8.75. The van der Waals surface area contributed by atoms with Crippen molar-refractivity contribution in [1.82, 2.24) is 20.1 Å². The predicted molar refractivity (Wildman–Crippen MR) is 114 cm³/mol. The number of hydrogen-bond acceptors (Lipinski definition) is 4. The zero-order valence-corrected chi connectivity index (χ0v) is 17.3. The van der Waals surface area contributed by atoms with Crippen molar-refractivity contribution in [2.75, 3.05) is 32.7 Å². The van der Waals surface area contributed by atoms with Gasteiger partial charge in [-0.1, -0.05) is 44.2 Å². The van der Waals surface area contributed by atoms with E-state index in [1.165, 1.54) is 11.8 Å². The van der Waals surface area contributed by atoms with Crippen molar-refractivity contribution in [3.8, 4) is 0 Å². The number of amides is 2. The van der Waals surface area contributed by atoms with Crippen LogP contribution in [0.4, 0.5) is 0 Å². The van der Waals surface area contributed by atoms with Crippen molar-refractivity contribution in [3.63, 3.8) is 0 Å². The van der Waals surface area contributed by atoms with Crippen LogP contribution in [0.25, 0.3) is 0 Å². The van der Waals surface area contributed by atoms with Gasteiger partial charge in [-0.25, -0.2) is 0 Å². The average Bonchev–Trinajstić information content (AvgIpc) is 2.74. The van der Waals surface area contributed by atoms with E-state index < -0.39 is 0 Å². The number of piperazine rings is 1. The van der Waals surface area contributed by atoms with Crippen molar-refractivity contribution in [2.45, 2.75) is 26.8 Å². The maximum atomic E-state index is 12.9. The van der Waals surface area contributed by atoms with E-state index in [2.05, 4.69) is 41.2 Å². The molecule has 1 fully saturated rings. The molecule has 0 radical (unpaired) electrons. The van der Waals surface area contributed by atoms with Crippen LogP contribution >= 0.6 is 0 Å². The summed E-state index contributed by atoms with van der Waals surface area (Å²) in [7, 11) is 0. The SMILES string of the molecule is CC(C)CCNC(=O)c1ccnc(C(=O)N2CCN(Cc3ccccc3)CC2)c1. The highest BCUT2D eigenvalue weighted by Crippen LogP contribution is 2.12. The van der Waals surface area contributed by atoms with Crippen molar-refractivity contribution < 1.29 is 9.59 Å². The number of nitrogens with one attached hydrogen (secondary N) is 1. The number of carbonyl (C=O) groups excluding carboxylic acids is 2. The van der Waals surface area contributed by atoms with E-state index in [0.717, 1.165) is 26.1 Å². The Balaban J connectivity index is 1.53. The Bertz CT molecular complexity index is 815. The fraction of sp³-hybridized carbons (Fsp3) is 0.435. The first kappa shape index (κ1) is 21.0.